The second-order valence-corrected chi connectivity index (χ2v) is 32.7. The van der Waals surface area contributed by atoms with Crippen molar-refractivity contribution in [2.75, 3.05) is 25.0 Å². The Kier molecular flexibility index (Phi) is 46.9. The molecule has 28 N–H and O–H groups in total. The van der Waals surface area contributed by atoms with E-state index in [1.54, 1.807) is 48.5 Å². The van der Waals surface area contributed by atoms with Gasteiger partial charge in [-0.1, -0.05) is 82.1 Å². The Bertz CT molecular complexity index is 4290. The first kappa shape index (κ1) is 109. The second-order valence-electron chi connectivity index (χ2n) is 30.9. The Morgan fingerprint density at radius 1 is 0.460 bits per heavy atom. The zero-order valence-corrected chi connectivity index (χ0v) is 73.5. The molecule has 1 aromatic carbocycles. The molecule has 1 heterocycles. The lowest BCUT2D eigenvalue weighted by molar-refractivity contribution is -0.143. The van der Waals surface area contributed by atoms with Gasteiger partial charge in [-0.25, -0.2) is 9.78 Å². The van der Waals surface area contributed by atoms with Crippen LogP contribution in [0.3, 0.4) is 0 Å². The number of imidazole rings is 1. The van der Waals surface area contributed by atoms with Gasteiger partial charge in [0, 0.05) is 44.1 Å². The van der Waals surface area contributed by atoms with Gasteiger partial charge in [0.05, 0.1) is 36.4 Å². The topological polar surface area (TPSA) is 769 Å². The highest BCUT2D eigenvalue weighted by Crippen LogP contribution is 2.18. The number of hydrogen-bond donors (Lipinski definition) is 26. The van der Waals surface area contributed by atoms with Gasteiger partial charge in [-0.2, -0.15) is 8.42 Å². The fourth-order valence-corrected chi connectivity index (χ4v) is 12.5. The average molecular weight is 1820 g/mol. The van der Waals surface area contributed by atoms with Crippen LogP contribution in [0, 0.1) is 35.0 Å². The summed E-state index contributed by atoms with van der Waals surface area (Å²) >= 11 is 5.33. The molecule has 0 spiro atoms. The molecular formula is C76H120N22O26S2. The fraction of sp³-hybridized carbons (Fsp3) is 0.605. The molecule has 2 aromatic rings. The molecule has 1 aromatic heterocycles. The van der Waals surface area contributed by atoms with Crippen LogP contribution in [0.1, 0.15) is 166 Å². The predicted octanol–water partition coefficient (Wildman–Crippen LogP) is -5.09. The van der Waals surface area contributed by atoms with Crippen LogP contribution in [0.5, 0.6) is 0 Å². The molecule has 0 fully saturated rings. The lowest BCUT2D eigenvalue weighted by Gasteiger charge is -2.30. The zero-order chi connectivity index (χ0) is 95.7. The number of thiocarbonyl (C=S) groups is 1. The van der Waals surface area contributed by atoms with Crippen LogP contribution >= 0.6 is 12.2 Å². The third kappa shape index (κ3) is 40.7. The summed E-state index contributed by atoms with van der Waals surface area (Å²) in [5, 5.41) is 87.6. The maximum Gasteiger partial charge on any atom is 0.326 e. The first-order chi connectivity index (χ1) is 58.8. The number of anilines is 1. The lowest BCUT2D eigenvalue weighted by Crippen LogP contribution is -2.61. The molecule has 2 rings (SSSR count). The fourth-order valence-electron chi connectivity index (χ4n) is 11.8. The van der Waals surface area contributed by atoms with Crippen molar-refractivity contribution in [3.05, 3.63) is 42.5 Å². The number of amides is 15. The molecule has 15 atom stereocenters. The third-order valence-corrected chi connectivity index (χ3v) is 20.4. The number of aromatic nitrogens is 2. The zero-order valence-electron chi connectivity index (χ0n) is 71.9. The van der Waals surface area contributed by atoms with Crippen LogP contribution in [0.15, 0.2) is 41.7 Å². The van der Waals surface area contributed by atoms with E-state index in [4.69, 9.17) is 29.1 Å². The SMILES string of the molecule is CC[C@H](C)[C@H](NC(=O)[C@H](CC(=O)O)NC(=O)[C@H](C)NC(=O)[C@H](CCC(=O)O)NC(=O)[C@@H](NC(=S)Nc1ccc(S(=O)(=O)O)cc1)C(C)C)C(=O)N[C@@H](C)C(=O)NCC(=O)N[C@@H](Cc1c[nH]cn1)C(=O)NCC(=O)N[C@@H](CCC(N)=O)C(=O)N[C@@H](CCC(=O)O)C(=O)N[C@H](C(=O)N[C@@H](CC(C)C)C(=O)N[C@H](C(=O)N[C@@H](CCCNC(=N)N)C(=O)O)[C@@H](C)CC)C(C)C. The van der Waals surface area contributed by atoms with Crippen molar-refractivity contribution in [1.82, 2.24) is 95.0 Å². The monoisotopic (exact) mass is 1820 g/mol. The Labute approximate surface area is 731 Å². The number of aliphatic carboxylic acids is 4. The van der Waals surface area contributed by atoms with E-state index in [2.05, 4.69) is 100 Å². The number of nitrogens with two attached hydrogens (primary N) is 2. The van der Waals surface area contributed by atoms with Crippen molar-refractivity contribution in [3.63, 3.8) is 0 Å². The molecule has 0 radical (unpaired) electrons. The summed E-state index contributed by atoms with van der Waals surface area (Å²) in [6.07, 6.45) is -2.03. The number of primary amides is 1. The maximum absolute atomic E-state index is 14.2. The van der Waals surface area contributed by atoms with Crippen molar-refractivity contribution in [2.45, 2.75) is 250 Å². The van der Waals surface area contributed by atoms with E-state index in [9.17, 15) is 124 Å². The second kappa shape index (κ2) is 54.1. The lowest BCUT2D eigenvalue weighted by atomic mass is 9.95. The normalized spacial score (nSPS) is 14.8. The number of carbonyl (C=O) groups is 19. The minimum absolute atomic E-state index is 0.0278. The highest BCUT2D eigenvalue weighted by Gasteiger charge is 2.39. The number of rotatable bonds is 57. The Morgan fingerprint density at radius 2 is 0.873 bits per heavy atom. The van der Waals surface area contributed by atoms with Crippen molar-refractivity contribution in [3.8, 4) is 0 Å². The number of nitrogens with one attached hydrogen (secondary N) is 19. The number of H-pyrrole nitrogens is 1. The average Bonchev–Trinajstić information content (AvgIpc) is 0.918. The molecule has 50 heteroatoms. The summed E-state index contributed by atoms with van der Waals surface area (Å²) in [6, 6.07) is -15.5. The Balaban J connectivity index is 2.27. The van der Waals surface area contributed by atoms with Gasteiger partial charge in [-0.3, -0.25) is 96.3 Å². The summed E-state index contributed by atoms with van der Waals surface area (Å²) in [4.78, 5) is 260. The molecule has 15 amide bonds. The van der Waals surface area contributed by atoms with E-state index in [-0.39, 0.29) is 67.0 Å². The number of carboxylic acids is 4. The number of guanidine groups is 1. The van der Waals surface area contributed by atoms with Crippen LogP contribution in [-0.4, -0.2) is 265 Å². The number of carbonyl (C=O) groups excluding carboxylic acids is 15. The largest absolute Gasteiger partial charge is 0.481 e. The molecule has 0 aliphatic heterocycles. The molecule has 702 valence electrons. The number of nitrogens with zero attached hydrogens (tertiary/aromatic N) is 1. The van der Waals surface area contributed by atoms with E-state index in [0.717, 1.165) is 19.1 Å². The van der Waals surface area contributed by atoms with Crippen LogP contribution in [0.2, 0.25) is 0 Å². The minimum atomic E-state index is -4.52. The molecule has 0 aliphatic carbocycles. The quantitative estimate of drug-likeness (QED) is 0.00969. The smallest absolute Gasteiger partial charge is 0.326 e. The van der Waals surface area contributed by atoms with Crippen LogP contribution in [0.4, 0.5) is 5.69 Å². The molecule has 0 bridgehead atoms. The molecule has 0 aliphatic rings. The van der Waals surface area contributed by atoms with Crippen molar-refractivity contribution < 1.29 is 124 Å². The van der Waals surface area contributed by atoms with E-state index < -0.39 is 288 Å². The first-order valence-corrected chi connectivity index (χ1v) is 42.2. The summed E-state index contributed by atoms with van der Waals surface area (Å²) in [5.74, 6) is -24.7. The van der Waals surface area contributed by atoms with Gasteiger partial charge in [0.15, 0.2) is 11.1 Å². The Hall–Kier alpha value is -12.8. The van der Waals surface area contributed by atoms with Crippen LogP contribution in [0.25, 0.3) is 0 Å². The summed E-state index contributed by atoms with van der Waals surface area (Å²) < 4.78 is 32.3. The molecular weight excluding hydrogens is 1700 g/mol. The third-order valence-electron chi connectivity index (χ3n) is 19.3. The van der Waals surface area contributed by atoms with E-state index in [1.165, 1.54) is 52.4 Å². The minimum Gasteiger partial charge on any atom is -0.481 e. The number of benzene rings is 1. The summed E-state index contributed by atoms with van der Waals surface area (Å²) in [5.41, 5.74) is 11.1. The highest BCUT2D eigenvalue weighted by atomic mass is 32.2. The summed E-state index contributed by atoms with van der Waals surface area (Å²) in [6.45, 7) is 16.7. The van der Waals surface area contributed by atoms with Gasteiger partial charge in [0.25, 0.3) is 10.1 Å². The van der Waals surface area contributed by atoms with Crippen LogP contribution in [-0.2, 0) is 108 Å². The molecule has 126 heavy (non-hydrogen) atoms. The molecule has 0 unspecified atom stereocenters. The number of aromatic amines is 1. The number of hydrogen-bond acceptors (Lipinski definition) is 24. The summed E-state index contributed by atoms with van der Waals surface area (Å²) in [7, 11) is -4.52. The van der Waals surface area contributed by atoms with Gasteiger partial charge in [-0.05, 0) is 118 Å². The van der Waals surface area contributed by atoms with Gasteiger partial charge in [-0.15, -0.1) is 0 Å². The predicted molar refractivity (Wildman–Crippen MR) is 451 cm³/mol. The van der Waals surface area contributed by atoms with Crippen molar-refractivity contribution in [2.24, 2.45) is 41.1 Å². The standard InChI is InChI=1S/C76H120N22O26S2/c1-13-38(9)60(96-69(115)51(30-57(106)107)93-63(109)41(12)85-65(111)46(22-25-55(102)103)91-71(117)59(37(7)8)98-76(125)87-42-17-19-44(20-18-42)126(122,123)124)72(118)86-40(11)62(108)82-32-54(101)89-50(29-43-31-80-34-84-43)64(110)83-33-53(100)88-45(21-24-52(77)99)66(112)90-47(23-26-56(104)105)67(113)95-58(36(5)6)70(116)94-49(28-35(3)4)68(114)97-61(39(10)14-2)73(119)92-48(74(120)121)16-15-27-81-75(78)79/h17-20,31,34-41,45-51,58-61H,13-16,21-30,32-33H2,1-12H3,(H2,77,99)(H,80,84)(H,82,108)(H,83,110)(H,85,111)(H,86,118)(H,88,100)(H,89,101)(H,90,112)(H,91,117)(H,92,119)(H,93,109)(H,94,116)(H,95,113)(H,96,115)(H,97,114)(H,102,103)(H,104,105)(H,106,107)(H,120,121)(H4,78,79,81)(H2,87,98,125)(H,122,123,124)/t38-,39-,40-,41-,45-,46-,47-,48-,49-,50-,51-,58-,59-,60-,61-/m0/s1. The van der Waals surface area contributed by atoms with Gasteiger partial charge < -0.3 is 127 Å². The van der Waals surface area contributed by atoms with Gasteiger partial charge in [0.1, 0.15) is 78.5 Å². The van der Waals surface area contributed by atoms with E-state index in [1.807, 2.05) is 0 Å². The Morgan fingerprint density at radius 3 is 1.34 bits per heavy atom. The van der Waals surface area contributed by atoms with Crippen LogP contribution < -0.4 is 102 Å². The van der Waals surface area contributed by atoms with Crippen molar-refractivity contribution >= 4 is 152 Å². The highest BCUT2D eigenvalue weighted by molar-refractivity contribution is 7.85. The van der Waals surface area contributed by atoms with Gasteiger partial charge in [0.2, 0.25) is 88.6 Å². The molecule has 48 nitrogen and oxygen atoms in total. The van der Waals surface area contributed by atoms with Crippen molar-refractivity contribution in [1.29, 1.82) is 5.41 Å². The first-order valence-electron chi connectivity index (χ1n) is 40.3. The molecule has 0 saturated carbocycles. The maximum atomic E-state index is 14.2. The van der Waals surface area contributed by atoms with Gasteiger partial charge >= 0.3 is 23.9 Å². The van der Waals surface area contributed by atoms with E-state index in [0.29, 0.717) is 6.42 Å². The number of carboxylic acid groups (broad SMARTS) is 4. The molecule has 0 saturated heterocycles. The van der Waals surface area contributed by atoms with E-state index >= 15 is 0 Å².